The van der Waals surface area contributed by atoms with Gasteiger partial charge in [0.2, 0.25) is 0 Å². The third-order valence-corrected chi connectivity index (χ3v) is 6.99. The Kier molecular flexibility index (Phi) is 9.65. The molecule has 1 aliphatic rings. The zero-order chi connectivity index (χ0) is 29.6. The number of alkyl halides is 4. The van der Waals surface area contributed by atoms with Gasteiger partial charge in [0, 0.05) is 24.2 Å². The van der Waals surface area contributed by atoms with E-state index in [0.717, 1.165) is 17.7 Å². The summed E-state index contributed by atoms with van der Waals surface area (Å²) in [7, 11) is 1.46. The molecule has 11 heteroatoms. The normalized spacial score (nSPS) is 17.5. The van der Waals surface area contributed by atoms with Crippen molar-refractivity contribution in [3.63, 3.8) is 0 Å². The van der Waals surface area contributed by atoms with Gasteiger partial charge in [0.25, 0.3) is 0 Å². The van der Waals surface area contributed by atoms with Crippen molar-refractivity contribution in [3.05, 3.63) is 53.7 Å². The highest BCUT2D eigenvalue weighted by molar-refractivity contribution is 5.94. The van der Waals surface area contributed by atoms with Crippen LogP contribution < -0.4 is 15.4 Å². The van der Waals surface area contributed by atoms with E-state index in [2.05, 4.69) is 22.5 Å². The molecule has 2 aromatic carbocycles. The standard InChI is InChI=1S/C30H34F4N4O3/c1-4-37-15-13-25(23(31)18-37)36-24-9-6-10-27-22(24)17-21(38(27)19-30(32,33)34)8-7-14-35-26-12-11-20(16-28(26)40-3)29(39)41-5-2/h6,9-12,16-17,23,25,35-36H,4-5,13-15,18-19H2,1-3H3/t23-,25+/m0/s1. The topological polar surface area (TPSA) is 67.8 Å². The fraction of sp³-hybridized carbons (Fsp3) is 0.433. The number of hydrogen-bond donors (Lipinski definition) is 2. The Balaban J connectivity index is 1.57. The Morgan fingerprint density at radius 1 is 1.15 bits per heavy atom. The van der Waals surface area contributed by atoms with Crippen molar-refractivity contribution in [3.8, 4) is 17.6 Å². The van der Waals surface area contributed by atoms with E-state index in [0.29, 0.717) is 46.6 Å². The summed E-state index contributed by atoms with van der Waals surface area (Å²) in [6, 6.07) is 11.0. The first-order valence-electron chi connectivity index (χ1n) is 13.5. The molecule has 0 aliphatic carbocycles. The van der Waals surface area contributed by atoms with Crippen LogP contribution in [0.5, 0.6) is 5.75 Å². The lowest BCUT2D eigenvalue weighted by molar-refractivity contribution is -0.140. The zero-order valence-electron chi connectivity index (χ0n) is 23.3. The van der Waals surface area contributed by atoms with Crippen LogP contribution in [0.2, 0.25) is 0 Å². The molecule has 0 amide bonds. The number of nitrogens with zero attached hydrogens (tertiary/aromatic N) is 2. The molecule has 0 bridgehead atoms. The van der Waals surface area contributed by atoms with Gasteiger partial charge >= 0.3 is 12.1 Å². The number of methoxy groups -OCH3 is 1. The molecular weight excluding hydrogens is 540 g/mol. The molecule has 1 aliphatic heterocycles. The van der Waals surface area contributed by atoms with Crippen LogP contribution in [0, 0.1) is 11.8 Å². The number of nitrogens with one attached hydrogen (secondary N) is 2. The summed E-state index contributed by atoms with van der Waals surface area (Å²) in [5, 5.41) is 6.86. The molecule has 0 saturated carbocycles. The van der Waals surface area contributed by atoms with Crippen LogP contribution in [0.25, 0.3) is 10.9 Å². The second kappa shape index (κ2) is 13.2. The smallest absolute Gasteiger partial charge is 0.406 e. The Labute approximate surface area is 236 Å². The van der Waals surface area contributed by atoms with Crippen molar-refractivity contribution in [2.75, 3.05) is 50.5 Å². The molecule has 220 valence electrons. The molecule has 3 aromatic rings. The van der Waals surface area contributed by atoms with Gasteiger partial charge in [-0.15, -0.1) is 0 Å². The first kappa shape index (κ1) is 30.1. The van der Waals surface area contributed by atoms with E-state index >= 15 is 0 Å². The highest BCUT2D eigenvalue weighted by Crippen LogP contribution is 2.32. The highest BCUT2D eigenvalue weighted by atomic mass is 19.4. The van der Waals surface area contributed by atoms with Gasteiger partial charge < -0.3 is 29.6 Å². The molecule has 1 saturated heterocycles. The largest absolute Gasteiger partial charge is 0.495 e. The fourth-order valence-corrected chi connectivity index (χ4v) is 4.93. The van der Waals surface area contributed by atoms with Crippen molar-refractivity contribution in [1.82, 2.24) is 9.47 Å². The number of piperidine rings is 1. The predicted molar refractivity (Wildman–Crippen MR) is 151 cm³/mol. The predicted octanol–water partition coefficient (Wildman–Crippen LogP) is 5.70. The summed E-state index contributed by atoms with van der Waals surface area (Å²) in [4.78, 5) is 14.0. The van der Waals surface area contributed by atoms with Gasteiger partial charge in [0.1, 0.15) is 18.5 Å². The lowest BCUT2D eigenvalue weighted by Gasteiger charge is -2.35. The number of ether oxygens (including phenoxy) is 2. The van der Waals surface area contributed by atoms with Crippen LogP contribution in [0.3, 0.4) is 0 Å². The van der Waals surface area contributed by atoms with Crippen molar-refractivity contribution >= 4 is 28.2 Å². The van der Waals surface area contributed by atoms with E-state index in [-0.39, 0.29) is 18.8 Å². The molecule has 2 heterocycles. The first-order valence-corrected chi connectivity index (χ1v) is 13.5. The number of esters is 1. The van der Waals surface area contributed by atoms with Crippen molar-refractivity contribution in [2.24, 2.45) is 0 Å². The number of rotatable bonds is 9. The summed E-state index contributed by atoms with van der Waals surface area (Å²) in [5.41, 5.74) is 2.02. The monoisotopic (exact) mass is 574 g/mol. The molecule has 0 spiro atoms. The average Bonchev–Trinajstić information content (AvgIpc) is 3.28. The van der Waals surface area contributed by atoms with Gasteiger partial charge in [-0.3, -0.25) is 0 Å². The van der Waals surface area contributed by atoms with E-state index in [9.17, 15) is 22.4 Å². The van der Waals surface area contributed by atoms with Crippen molar-refractivity contribution in [1.29, 1.82) is 0 Å². The number of fused-ring (bicyclic) bond motifs is 1. The third kappa shape index (κ3) is 7.44. The maximum Gasteiger partial charge on any atom is 0.406 e. The van der Waals surface area contributed by atoms with Crippen LogP contribution in [-0.4, -0.2) is 73.7 Å². The third-order valence-electron chi connectivity index (χ3n) is 6.99. The van der Waals surface area contributed by atoms with Gasteiger partial charge in [-0.05, 0) is 62.2 Å². The lowest BCUT2D eigenvalue weighted by Crippen LogP contribution is -2.47. The summed E-state index contributed by atoms with van der Waals surface area (Å²) in [6.45, 7) is 4.68. The molecule has 0 unspecified atom stereocenters. The van der Waals surface area contributed by atoms with Crippen LogP contribution >= 0.6 is 0 Å². The van der Waals surface area contributed by atoms with E-state index in [1.807, 2.05) is 11.8 Å². The van der Waals surface area contributed by atoms with E-state index in [1.54, 1.807) is 43.3 Å². The number of benzene rings is 2. The van der Waals surface area contributed by atoms with Crippen LogP contribution in [0.1, 0.15) is 36.3 Å². The van der Waals surface area contributed by atoms with Gasteiger partial charge in [-0.1, -0.05) is 18.9 Å². The number of anilines is 2. The number of hydrogen-bond acceptors (Lipinski definition) is 6. The summed E-state index contributed by atoms with van der Waals surface area (Å²) in [5.74, 6) is 5.67. The fourth-order valence-electron chi connectivity index (χ4n) is 4.93. The van der Waals surface area contributed by atoms with Gasteiger partial charge in [0.05, 0.1) is 48.8 Å². The maximum absolute atomic E-state index is 14.9. The Morgan fingerprint density at radius 2 is 1.95 bits per heavy atom. The number of carbonyl (C=O) groups is 1. The van der Waals surface area contributed by atoms with E-state index < -0.39 is 30.9 Å². The molecule has 1 fully saturated rings. The van der Waals surface area contributed by atoms with E-state index in [1.165, 1.54) is 13.2 Å². The quantitative estimate of drug-likeness (QED) is 0.194. The first-order chi connectivity index (χ1) is 19.6. The van der Waals surface area contributed by atoms with Crippen molar-refractivity contribution < 1.29 is 31.8 Å². The minimum Gasteiger partial charge on any atom is -0.495 e. The Bertz CT molecular complexity index is 1430. The summed E-state index contributed by atoms with van der Waals surface area (Å²) in [6.07, 6.45) is -4.96. The van der Waals surface area contributed by atoms with E-state index in [4.69, 9.17) is 9.47 Å². The summed E-state index contributed by atoms with van der Waals surface area (Å²) >= 11 is 0. The molecule has 7 nitrogen and oxygen atoms in total. The molecule has 0 radical (unpaired) electrons. The lowest BCUT2D eigenvalue weighted by atomic mass is 10.0. The number of aromatic nitrogens is 1. The molecule has 41 heavy (non-hydrogen) atoms. The van der Waals surface area contributed by atoms with Crippen LogP contribution in [0.15, 0.2) is 42.5 Å². The molecular formula is C30H34F4N4O3. The highest BCUT2D eigenvalue weighted by Gasteiger charge is 2.31. The van der Waals surface area contributed by atoms with Crippen LogP contribution in [-0.2, 0) is 11.3 Å². The average molecular weight is 575 g/mol. The molecule has 1 aromatic heterocycles. The maximum atomic E-state index is 14.9. The van der Waals surface area contributed by atoms with Gasteiger partial charge in [-0.2, -0.15) is 13.2 Å². The second-order valence-corrected chi connectivity index (χ2v) is 9.71. The summed E-state index contributed by atoms with van der Waals surface area (Å²) < 4.78 is 67.0. The van der Waals surface area contributed by atoms with Crippen LogP contribution in [0.4, 0.5) is 28.9 Å². The van der Waals surface area contributed by atoms with Crippen molar-refractivity contribution in [2.45, 2.75) is 45.2 Å². The molecule has 2 N–H and O–H groups in total. The zero-order valence-corrected chi connectivity index (χ0v) is 23.3. The molecule has 2 atom stereocenters. The number of carbonyl (C=O) groups excluding carboxylic acids is 1. The second-order valence-electron chi connectivity index (χ2n) is 9.71. The minimum atomic E-state index is -4.46. The van der Waals surface area contributed by atoms with Gasteiger partial charge in [0.15, 0.2) is 0 Å². The minimum absolute atomic E-state index is 0.104. The Morgan fingerprint density at radius 3 is 2.63 bits per heavy atom. The van der Waals surface area contributed by atoms with Gasteiger partial charge in [-0.25, -0.2) is 9.18 Å². The Hall–Kier alpha value is -3.91. The number of likely N-dealkylation sites (tertiary alicyclic amines) is 1. The number of halogens is 4. The molecule has 4 rings (SSSR count). The SMILES string of the molecule is CCOC(=O)c1ccc(NCC#Cc2cc3c(N[C@@H]4CCN(CC)C[C@@H]4F)cccc3n2CC(F)(F)F)c(OC)c1.